The van der Waals surface area contributed by atoms with E-state index < -0.39 is 66.7 Å². The van der Waals surface area contributed by atoms with Crippen LogP contribution in [0.5, 0.6) is 11.5 Å². The zero-order chi connectivity index (χ0) is 35.2. The van der Waals surface area contributed by atoms with Crippen molar-refractivity contribution in [1.29, 1.82) is 0 Å². The van der Waals surface area contributed by atoms with Crippen molar-refractivity contribution in [3.8, 4) is 11.5 Å². The Hall–Kier alpha value is -4.68. The summed E-state index contributed by atoms with van der Waals surface area (Å²) in [4.78, 5) is 69.7. The van der Waals surface area contributed by atoms with Gasteiger partial charge in [-0.1, -0.05) is 77.3 Å². The molecule has 2 aromatic rings. The molecule has 1 N–H and O–H groups in total. The fraction of sp³-hybridized carbons (Fsp3) is 0.543. The van der Waals surface area contributed by atoms with Crippen molar-refractivity contribution in [2.75, 3.05) is 20.3 Å². The van der Waals surface area contributed by atoms with Crippen LogP contribution in [0.2, 0.25) is 0 Å². The van der Waals surface area contributed by atoms with Crippen molar-refractivity contribution >= 4 is 30.0 Å². The summed E-state index contributed by atoms with van der Waals surface area (Å²) < 4.78 is 32.9. The van der Waals surface area contributed by atoms with Crippen molar-refractivity contribution in [2.45, 2.75) is 85.0 Å². The Morgan fingerprint density at radius 3 is 2.44 bits per heavy atom. The van der Waals surface area contributed by atoms with Gasteiger partial charge < -0.3 is 33.7 Å². The smallest absolute Gasteiger partial charge is 0.493 e. The van der Waals surface area contributed by atoms with Crippen molar-refractivity contribution in [3.63, 3.8) is 0 Å². The monoisotopic (exact) mass is 670 g/mol. The number of unbranched alkanes of at least 4 members (excludes halogenated alkanes) is 1. The largest absolute Gasteiger partial charge is 0.514 e. The van der Waals surface area contributed by atoms with Crippen LogP contribution in [0.1, 0.15) is 76.4 Å². The van der Waals surface area contributed by atoms with Gasteiger partial charge in [-0.2, -0.15) is 0 Å². The van der Waals surface area contributed by atoms with Gasteiger partial charge in [0.05, 0.1) is 19.6 Å². The molecule has 1 aliphatic heterocycles. The molecule has 262 valence electrons. The van der Waals surface area contributed by atoms with E-state index in [1.165, 1.54) is 26.3 Å². The lowest BCUT2D eigenvalue weighted by atomic mass is 9.91. The Labute approximate surface area is 280 Å². The Balaban J connectivity index is 1.82. The molecule has 13 nitrogen and oxygen atoms in total. The molecule has 5 atom stereocenters. The summed E-state index contributed by atoms with van der Waals surface area (Å²) in [5.41, 5.74) is 0.385. The molecule has 1 aliphatic rings. The van der Waals surface area contributed by atoms with Crippen LogP contribution < -0.4 is 14.8 Å². The fourth-order valence-electron chi connectivity index (χ4n) is 5.03. The SMILES string of the molecule is CCCCC(CC)COC(=O)Oc1c(OC)ccnc1C(=O)N[C@H]1COC(=O)[C@H](Cc2ccccc2)C(OC(=O)C(C)C)[C@H](C)OC1=O. The van der Waals surface area contributed by atoms with E-state index in [9.17, 15) is 24.0 Å². The number of aromatic nitrogens is 1. The van der Waals surface area contributed by atoms with Crippen LogP contribution in [0.15, 0.2) is 42.6 Å². The van der Waals surface area contributed by atoms with Gasteiger partial charge in [0.25, 0.3) is 5.91 Å². The summed E-state index contributed by atoms with van der Waals surface area (Å²) in [5.74, 6) is -4.92. The summed E-state index contributed by atoms with van der Waals surface area (Å²) in [5, 5.41) is 2.46. The second kappa shape index (κ2) is 18.6. The number of esters is 3. The van der Waals surface area contributed by atoms with E-state index in [2.05, 4.69) is 17.2 Å². The quantitative estimate of drug-likeness (QED) is 0.215. The zero-order valence-electron chi connectivity index (χ0n) is 28.4. The number of methoxy groups -OCH3 is 1. The summed E-state index contributed by atoms with van der Waals surface area (Å²) in [6.45, 7) is 8.41. The maximum Gasteiger partial charge on any atom is 0.514 e. The summed E-state index contributed by atoms with van der Waals surface area (Å²) >= 11 is 0. The predicted molar refractivity (Wildman–Crippen MR) is 172 cm³/mol. The molecule has 1 saturated heterocycles. The van der Waals surface area contributed by atoms with Gasteiger partial charge in [-0.3, -0.25) is 14.4 Å². The molecule has 48 heavy (non-hydrogen) atoms. The van der Waals surface area contributed by atoms with Crippen LogP contribution in [0, 0.1) is 17.8 Å². The first kappa shape index (κ1) is 37.8. The third kappa shape index (κ3) is 10.7. The predicted octanol–water partition coefficient (Wildman–Crippen LogP) is 4.84. The van der Waals surface area contributed by atoms with Crippen LogP contribution in [0.4, 0.5) is 4.79 Å². The average Bonchev–Trinajstić information content (AvgIpc) is 3.11. The molecule has 0 radical (unpaired) electrons. The minimum absolute atomic E-state index is 0.0146. The number of hydrogen-bond donors (Lipinski definition) is 1. The standard InChI is InChI=1S/C35H46N2O11/c1-7-9-13-23(8-2)19-45-35(42)48-30-27(43-6)16-17-36-28(30)31(38)37-26-20-44-33(40)25(18-24-14-11-10-12-15-24)29(22(5)46-34(26)41)47-32(39)21(3)4/h10-12,14-17,21-23,25-26,29H,7-9,13,18-20H2,1-6H3,(H,37,38)/t22-,23?,25+,26-,29?/m0/s1. The minimum Gasteiger partial charge on any atom is -0.493 e. The molecule has 0 bridgehead atoms. The van der Waals surface area contributed by atoms with Crippen molar-refractivity contribution in [3.05, 3.63) is 53.9 Å². The third-order valence-electron chi connectivity index (χ3n) is 7.94. The summed E-state index contributed by atoms with van der Waals surface area (Å²) in [6, 6.07) is 8.96. The maximum absolute atomic E-state index is 13.5. The van der Waals surface area contributed by atoms with Gasteiger partial charge in [0.1, 0.15) is 18.6 Å². The zero-order valence-corrected chi connectivity index (χ0v) is 28.4. The second-order valence-electron chi connectivity index (χ2n) is 11.9. The van der Waals surface area contributed by atoms with E-state index in [1.54, 1.807) is 26.0 Å². The van der Waals surface area contributed by atoms with E-state index in [-0.39, 0.29) is 36.1 Å². The lowest BCUT2D eigenvalue weighted by molar-refractivity contribution is -0.176. The molecular weight excluding hydrogens is 624 g/mol. The highest BCUT2D eigenvalue weighted by molar-refractivity contribution is 5.98. The minimum atomic E-state index is -1.49. The number of cyclic esters (lactones) is 2. The van der Waals surface area contributed by atoms with Gasteiger partial charge in [-0.15, -0.1) is 0 Å². The molecule has 1 amide bonds. The number of benzene rings is 1. The van der Waals surface area contributed by atoms with E-state index >= 15 is 0 Å². The van der Waals surface area contributed by atoms with Gasteiger partial charge in [0, 0.05) is 12.3 Å². The van der Waals surface area contributed by atoms with Crippen LogP contribution >= 0.6 is 0 Å². The Morgan fingerprint density at radius 2 is 1.79 bits per heavy atom. The number of pyridine rings is 1. The van der Waals surface area contributed by atoms with Crippen molar-refractivity contribution in [2.24, 2.45) is 17.8 Å². The van der Waals surface area contributed by atoms with E-state index in [1.807, 2.05) is 25.1 Å². The molecular formula is C35H46N2O11. The first-order valence-corrected chi connectivity index (χ1v) is 16.3. The fourth-order valence-corrected chi connectivity index (χ4v) is 5.03. The topological polar surface area (TPSA) is 166 Å². The van der Waals surface area contributed by atoms with Crippen LogP contribution in [0.25, 0.3) is 0 Å². The molecule has 2 unspecified atom stereocenters. The van der Waals surface area contributed by atoms with Gasteiger partial charge in [-0.25, -0.2) is 14.6 Å². The molecule has 0 aliphatic carbocycles. The van der Waals surface area contributed by atoms with Crippen LogP contribution in [0.3, 0.4) is 0 Å². The molecule has 0 spiro atoms. The molecule has 1 fully saturated rings. The highest BCUT2D eigenvalue weighted by Gasteiger charge is 2.42. The highest BCUT2D eigenvalue weighted by Crippen LogP contribution is 2.31. The molecule has 3 rings (SSSR count). The summed E-state index contributed by atoms with van der Waals surface area (Å²) in [6.07, 6.45) is 1.78. The van der Waals surface area contributed by atoms with Crippen molar-refractivity contribution < 1.29 is 52.4 Å². The van der Waals surface area contributed by atoms with Crippen molar-refractivity contribution in [1.82, 2.24) is 10.3 Å². The lowest BCUT2D eigenvalue weighted by Crippen LogP contribution is -2.47. The Bertz CT molecular complexity index is 1400. The first-order chi connectivity index (χ1) is 23.0. The average molecular weight is 671 g/mol. The molecule has 13 heteroatoms. The Morgan fingerprint density at radius 1 is 1.06 bits per heavy atom. The molecule has 1 aromatic heterocycles. The number of carbonyl (C=O) groups excluding carboxylic acids is 5. The number of carbonyl (C=O) groups is 5. The summed E-state index contributed by atoms with van der Waals surface area (Å²) in [7, 11) is 1.32. The second-order valence-corrected chi connectivity index (χ2v) is 11.9. The van der Waals surface area contributed by atoms with Gasteiger partial charge in [0.15, 0.2) is 23.6 Å². The number of amides is 1. The number of rotatable bonds is 14. The van der Waals surface area contributed by atoms with Gasteiger partial charge >= 0.3 is 24.1 Å². The van der Waals surface area contributed by atoms with Crippen LogP contribution in [-0.4, -0.2) is 73.5 Å². The van der Waals surface area contributed by atoms with Crippen LogP contribution in [-0.2, 0) is 39.8 Å². The first-order valence-electron chi connectivity index (χ1n) is 16.3. The van der Waals surface area contributed by atoms with Gasteiger partial charge in [-0.05, 0) is 31.2 Å². The number of nitrogens with one attached hydrogen (secondary N) is 1. The normalized spacial score (nSPS) is 20.2. The van der Waals surface area contributed by atoms with E-state index in [0.29, 0.717) is 0 Å². The van der Waals surface area contributed by atoms with E-state index in [0.717, 1.165) is 31.2 Å². The highest BCUT2D eigenvalue weighted by atomic mass is 16.7. The molecule has 2 heterocycles. The maximum atomic E-state index is 13.5. The Kier molecular flexibility index (Phi) is 14.6. The lowest BCUT2D eigenvalue weighted by Gasteiger charge is -2.29. The number of nitrogens with zero attached hydrogens (tertiary/aromatic N) is 1. The van der Waals surface area contributed by atoms with Gasteiger partial charge in [0.2, 0.25) is 5.75 Å². The molecule has 0 saturated carbocycles. The number of hydrogen-bond acceptors (Lipinski definition) is 12. The molecule has 1 aromatic carbocycles. The van der Waals surface area contributed by atoms with E-state index in [4.69, 9.17) is 28.4 Å². The number of ether oxygens (including phenoxy) is 6. The third-order valence-corrected chi connectivity index (χ3v) is 7.94.